The highest BCUT2D eigenvalue weighted by atomic mass is 32.1. The van der Waals surface area contributed by atoms with Crippen LogP contribution in [0.25, 0.3) is 0 Å². The molecule has 9 heteroatoms. The molecule has 2 unspecified atom stereocenters. The highest BCUT2D eigenvalue weighted by Gasteiger charge is 2.55. The summed E-state index contributed by atoms with van der Waals surface area (Å²) in [6.07, 6.45) is -2.63. The number of carbonyl (C=O) groups is 1. The van der Waals surface area contributed by atoms with E-state index in [1.54, 1.807) is 6.07 Å². The van der Waals surface area contributed by atoms with Gasteiger partial charge < -0.3 is 10.5 Å². The summed E-state index contributed by atoms with van der Waals surface area (Å²) in [5.74, 6) is 0.900. The smallest absolute Gasteiger partial charge is 0.406 e. The number of hydrogen-bond donors (Lipinski definition) is 1. The number of likely N-dealkylation sites (tertiary alicyclic amines) is 1. The molecule has 2 atom stereocenters. The third-order valence-corrected chi connectivity index (χ3v) is 8.25. The summed E-state index contributed by atoms with van der Waals surface area (Å²) in [5, 5.41) is 0.658. The number of benzene rings is 2. The molecule has 1 aliphatic carbocycles. The number of alkyl halides is 3. The molecular weight excluding hydrogens is 487 g/mol. The largest absolute Gasteiger partial charge is 0.573 e. The lowest BCUT2D eigenvalue weighted by atomic mass is 10.1. The number of nitrogens with zero attached hydrogens (tertiary/aromatic N) is 2. The second kappa shape index (κ2) is 9.86. The minimum Gasteiger partial charge on any atom is -0.406 e. The topological polar surface area (TPSA) is 68.4 Å². The number of primary amides is 1. The minimum absolute atomic E-state index is 0.274. The summed E-state index contributed by atoms with van der Waals surface area (Å²) in [5.41, 5.74) is 9.20. The molecule has 3 aromatic rings. The molecule has 1 aromatic heterocycles. The molecule has 190 valence electrons. The molecule has 2 fully saturated rings. The maximum Gasteiger partial charge on any atom is 0.573 e. The zero-order chi connectivity index (χ0) is 25.4. The van der Waals surface area contributed by atoms with Crippen LogP contribution in [0.2, 0.25) is 0 Å². The van der Waals surface area contributed by atoms with Gasteiger partial charge in [0.25, 0.3) is 5.91 Å². The number of carbonyl (C=O) groups excluding carboxylic acids is 1. The van der Waals surface area contributed by atoms with Gasteiger partial charge in [0.1, 0.15) is 11.4 Å². The van der Waals surface area contributed by atoms with E-state index in [1.165, 1.54) is 40.7 Å². The highest BCUT2D eigenvalue weighted by Crippen LogP contribution is 2.54. The van der Waals surface area contributed by atoms with Crippen molar-refractivity contribution in [2.24, 2.45) is 23.5 Å². The van der Waals surface area contributed by atoms with Gasteiger partial charge in [-0.15, -0.1) is 24.5 Å². The van der Waals surface area contributed by atoms with Crippen molar-refractivity contribution in [1.29, 1.82) is 0 Å². The van der Waals surface area contributed by atoms with E-state index in [0.29, 0.717) is 34.7 Å². The summed E-state index contributed by atoms with van der Waals surface area (Å²) in [6.45, 7) is 5.21. The molecule has 1 saturated carbocycles. The van der Waals surface area contributed by atoms with E-state index >= 15 is 0 Å². The van der Waals surface area contributed by atoms with Crippen LogP contribution in [0.1, 0.15) is 44.0 Å². The molecule has 36 heavy (non-hydrogen) atoms. The number of thiazole rings is 1. The average Bonchev–Trinajstić information content (AvgIpc) is 3.12. The molecule has 2 N–H and O–H groups in total. The number of fused-ring (bicyclic) bond motifs is 1. The first kappa shape index (κ1) is 24.8. The predicted molar refractivity (Wildman–Crippen MR) is 132 cm³/mol. The highest BCUT2D eigenvalue weighted by molar-refractivity contribution is 7.12. The summed E-state index contributed by atoms with van der Waals surface area (Å²) < 4.78 is 41.6. The standard InChI is InChI=1S/C27H28F3N3O2S/c1-2-16-6-8-17(9-7-16)13-33-14-21-20(22(21)15-33)12-23-25(26(31)34)32-24(36-23)11-18-4-3-5-19(10-18)35-27(28,29)30/h3-10,20-22H,2,11-15H2,1H3,(H2,31,34). The Bertz CT molecular complexity index is 1230. The molecule has 2 aliphatic rings. The Balaban J connectivity index is 1.20. The predicted octanol–water partition coefficient (Wildman–Crippen LogP) is 5.21. The van der Waals surface area contributed by atoms with E-state index < -0.39 is 12.3 Å². The van der Waals surface area contributed by atoms with Crippen molar-refractivity contribution < 1.29 is 22.7 Å². The second-order valence-electron chi connectivity index (χ2n) is 9.68. The van der Waals surface area contributed by atoms with Gasteiger partial charge >= 0.3 is 6.36 Å². The van der Waals surface area contributed by atoms with Gasteiger partial charge in [-0.1, -0.05) is 43.3 Å². The van der Waals surface area contributed by atoms with Crippen LogP contribution in [0.5, 0.6) is 5.75 Å². The summed E-state index contributed by atoms with van der Waals surface area (Å²) in [4.78, 5) is 19.9. The van der Waals surface area contributed by atoms with Crippen LogP contribution in [0.4, 0.5) is 13.2 Å². The van der Waals surface area contributed by atoms with E-state index in [2.05, 4.69) is 45.8 Å². The van der Waals surface area contributed by atoms with Gasteiger partial charge in [0.05, 0.1) is 5.01 Å². The number of ether oxygens (including phenoxy) is 1. The van der Waals surface area contributed by atoms with Gasteiger partial charge in [-0.25, -0.2) is 4.98 Å². The number of halogens is 3. The van der Waals surface area contributed by atoms with Gasteiger partial charge in [0, 0.05) is 30.9 Å². The van der Waals surface area contributed by atoms with Crippen LogP contribution in [0, 0.1) is 17.8 Å². The van der Waals surface area contributed by atoms with E-state index in [-0.39, 0.29) is 11.4 Å². The molecule has 0 bridgehead atoms. The van der Waals surface area contributed by atoms with Gasteiger partial charge in [-0.2, -0.15) is 0 Å². The zero-order valence-corrected chi connectivity index (χ0v) is 20.7. The first-order valence-electron chi connectivity index (χ1n) is 12.1. The molecule has 5 rings (SSSR count). The molecule has 2 aromatic carbocycles. The fourth-order valence-corrected chi connectivity index (χ4v) is 6.53. The van der Waals surface area contributed by atoms with Crippen LogP contribution in [-0.4, -0.2) is 35.2 Å². The monoisotopic (exact) mass is 515 g/mol. The van der Waals surface area contributed by atoms with Crippen LogP contribution in [0.3, 0.4) is 0 Å². The zero-order valence-electron chi connectivity index (χ0n) is 19.9. The number of aryl methyl sites for hydroxylation is 1. The SMILES string of the molecule is CCc1ccc(CN2CC3C(Cc4sc(Cc5cccc(OC(F)(F)F)c5)nc4C(N)=O)C3C2)cc1. The lowest BCUT2D eigenvalue weighted by molar-refractivity contribution is -0.274. The Hall–Kier alpha value is -2.91. The maximum atomic E-state index is 12.5. The number of aromatic nitrogens is 1. The Kier molecular flexibility index (Phi) is 6.78. The van der Waals surface area contributed by atoms with Crippen molar-refractivity contribution >= 4 is 17.2 Å². The number of rotatable bonds is 9. The van der Waals surface area contributed by atoms with Gasteiger partial charge in [-0.3, -0.25) is 9.69 Å². The van der Waals surface area contributed by atoms with E-state index in [1.807, 2.05) is 0 Å². The van der Waals surface area contributed by atoms with Crippen molar-refractivity contribution in [2.75, 3.05) is 13.1 Å². The Morgan fingerprint density at radius 1 is 1.11 bits per heavy atom. The van der Waals surface area contributed by atoms with E-state index in [9.17, 15) is 18.0 Å². The molecule has 1 aliphatic heterocycles. The van der Waals surface area contributed by atoms with Crippen molar-refractivity contribution in [3.8, 4) is 5.75 Å². The summed E-state index contributed by atoms with van der Waals surface area (Å²) in [6, 6.07) is 14.6. The molecule has 0 radical (unpaired) electrons. The molecule has 0 spiro atoms. The Morgan fingerprint density at radius 3 is 2.44 bits per heavy atom. The van der Waals surface area contributed by atoms with Crippen LogP contribution in [-0.2, 0) is 25.8 Å². The van der Waals surface area contributed by atoms with Crippen LogP contribution < -0.4 is 10.5 Å². The van der Waals surface area contributed by atoms with Crippen molar-refractivity contribution in [3.05, 3.63) is 80.8 Å². The fraction of sp³-hybridized carbons (Fsp3) is 0.407. The molecule has 5 nitrogen and oxygen atoms in total. The molecule has 2 heterocycles. The third-order valence-electron chi connectivity index (χ3n) is 7.17. The third kappa shape index (κ3) is 5.73. The number of hydrogen-bond acceptors (Lipinski definition) is 5. The Labute approximate surface area is 212 Å². The number of piperidine rings is 1. The average molecular weight is 516 g/mol. The quantitative estimate of drug-likeness (QED) is 0.425. The van der Waals surface area contributed by atoms with Crippen molar-refractivity contribution in [1.82, 2.24) is 9.88 Å². The second-order valence-corrected chi connectivity index (χ2v) is 10.8. The van der Waals surface area contributed by atoms with Crippen molar-refractivity contribution in [3.63, 3.8) is 0 Å². The van der Waals surface area contributed by atoms with Crippen LogP contribution >= 0.6 is 11.3 Å². The van der Waals surface area contributed by atoms with Gasteiger partial charge in [0.2, 0.25) is 0 Å². The van der Waals surface area contributed by atoms with Gasteiger partial charge in [-0.05, 0) is 59.4 Å². The minimum atomic E-state index is -4.75. The fourth-order valence-electron chi connectivity index (χ4n) is 5.36. The van der Waals surface area contributed by atoms with Crippen LogP contribution in [0.15, 0.2) is 48.5 Å². The normalized spacial score (nSPS) is 21.4. The molecular formula is C27H28F3N3O2S. The first-order valence-corrected chi connectivity index (χ1v) is 12.9. The van der Waals surface area contributed by atoms with E-state index in [0.717, 1.165) is 37.4 Å². The number of nitrogens with two attached hydrogens (primary N) is 1. The van der Waals surface area contributed by atoms with Crippen molar-refractivity contribution in [2.45, 2.75) is 39.1 Å². The van der Waals surface area contributed by atoms with Gasteiger partial charge in [0.15, 0.2) is 0 Å². The van der Waals surface area contributed by atoms with E-state index in [4.69, 9.17) is 5.73 Å². The maximum absolute atomic E-state index is 12.5. The lowest BCUT2D eigenvalue weighted by Gasteiger charge is -2.19. The lowest BCUT2D eigenvalue weighted by Crippen LogP contribution is -2.24. The molecule has 1 amide bonds. The summed E-state index contributed by atoms with van der Waals surface area (Å²) in [7, 11) is 0. The summed E-state index contributed by atoms with van der Waals surface area (Å²) >= 11 is 1.43. The first-order chi connectivity index (χ1) is 17.2. The molecule has 1 saturated heterocycles. The number of amides is 1. The Morgan fingerprint density at radius 2 is 1.81 bits per heavy atom.